The molecule has 0 rings (SSSR count). The smallest absolute Gasteiger partial charge is 0.0562 e. The van der Waals surface area contributed by atoms with Gasteiger partial charge in [0.05, 0.1) is 6.17 Å². The van der Waals surface area contributed by atoms with Gasteiger partial charge in [-0.3, -0.25) is 4.90 Å². The van der Waals surface area contributed by atoms with Crippen molar-refractivity contribution in [3.05, 3.63) is 0 Å². The van der Waals surface area contributed by atoms with Gasteiger partial charge >= 0.3 is 0 Å². The summed E-state index contributed by atoms with van der Waals surface area (Å²) in [6.45, 7) is 10.2. The highest BCUT2D eigenvalue weighted by Gasteiger charge is 2.00. The SMILES string of the molecule is CCCCCCCCCCCCCCCCCCCCCC.CCCCCNC(C)N(C)C. The Morgan fingerprint density at radius 2 is 0.667 bits per heavy atom. The van der Waals surface area contributed by atoms with E-state index >= 15 is 0 Å². The Kier molecular flexibility index (Phi) is 33.9. The Hall–Kier alpha value is -0.0800. The average Bonchev–Trinajstić information content (AvgIpc) is 2.81. The summed E-state index contributed by atoms with van der Waals surface area (Å²) in [7, 11) is 4.19. The minimum atomic E-state index is 0.506. The third kappa shape index (κ3) is 34.2. The monoisotopic (exact) mass is 469 g/mol. The Morgan fingerprint density at radius 3 is 0.909 bits per heavy atom. The highest BCUT2D eigenvalue weighted by Crippen LogP contribution is 2.14. The van der Waals surface area contributed by atoms with Crippen LogP contribution >= 0.6 is 0 Å². The van der Waals surface area contributed by atoms with E-state index in [1.807, 2.05) is 0 Å². The van der Waals surface area contributed by atoms with Crippen LogP contribution in [0.5, 0.6) is 0 Å². The summed E-state index contributed by atoms with van der Waals surface area (Å²) in [5.41, 5.74) is 0. The van der Waals surface area contributed by atoms with Crippen molar-refractivity contribution in [1.82, 2.24) is 10.2 Å². The number of nitrogens with zero attached hydrogens (tertiary/aromatic N) is 1. The normalized spacial score (nSPS) is 12.1. The summed E-state index contributed by atoms with van der Waals surface area (Å²) < 4.78 is 0. The molecule has 1 unspecified atom stereocenters. The van der Waals surface area contributed by atoms with Crippen molar-refractivity contribution < 1.29 is 0 Å². The van der Waals surface area contributed by atoms with Crippen LogP contribution in [0.3, 0.4) is 0 Å². The molecule has 1 atom stereocenters. The minimum absolute atomic E-state index is 0.506. The van der Waals surface area contributed by atoms with Crippen molar-refractivity contribution in [3.63, 3.8) is 0 Å². The summed E-state index contributed by atoms with van der Waals surface area (Å²) >= 11 is 0. The maximum atomic E-state index is 3.44. The maximum Gasteiger partial charge on any atom is 0.0562 e. The summed E-state index contributed by atoms with van der Waals surface area (Å²) in [4.78, 5) is 2.19. The Morgan fingerprint density at radius 1 is 0.424 bits per heavy atom. The number of unbranched alkanes of at least 4 members (excludes halogenated alkanes) is 21. The maximum absolute atomic E-state index is 3.44. The molecule has 0 aliphatic rings. The molecule has 2 nitrogen and oxygen atoms in total. The first-order valence-electron chi connectivity index (χ1n) is 15.5. The van der Waals surface area contributed by atoms with Crippen molar-refractivity contribution in [2.45, 2.75) is 182 Å². The largest absolute Gasteiger partial charge is 0.302 e. The van der Waals surface area contributed by atoms with Crippen LogP contribution in [0.25, 0.3) is 0 Å². The number of hydrogen-bond donors (Lipinski definition) is 1. The lowest BCUT2D eigenvalue weighted by atomic mass is 10.0. The second-order valence-electron chi connectivity index (χ2n) is 10.7. The Bertz CT molecular complexity index is 296. The third-order valence-corrected chi connectivity index (χ3v) is 6.95. The minimum Gasteiger partial charge on any atom is -0.302 e. The van der Waals surface area contributed by atoms with E-state index in [4.69, 9.17) is 0 Å². The molecule has 0 aromatic heterocycles. The fourth-order valence-electron chi connectivity index (χ4n) is 4.20. The summed E-state index contributed by atoms with van der Waals surface area (Å²) in [5.74, 6) is 0. The standard InChI is InChI=1S/C22H46.C9H22N2/c1-3-5-7-9-11-13-15-17-19-21-22-20-18-16-14-12-10-8-6-4-2;1-5-6-7-8-10-9(2)11(3)4/h3-22H2,1-2H3;9-10H,5-8H2,1-4H3. The van der Waals surface area contributed by atoms with Gasteiger partial charge in [-0.2, -0.15) is 0 Å². The molecule has 202 valence electrons. The quantitative estimate of drug-likeness (QED) is 0.106. The third-order valence-electron chi connectivity index (χ3n) is 6.95. The van der Waals surface area contributed by atoms with Crippen LogP contribution in [0.4, 0.5) is 0 Å². The van der Waals surface area contributed by atoms with E-state index in [9.17, 15) is 0 Å². The molecule has 0 saturated carbocycles. The molecule has 0 aromatic rings. The Labute approximate surface area is 212 Å². The van der Waals surface area contributed by atoms with Crippen molar-refractivity contribution in [2.24, 2.45) is 0 Å². The summed E-state index contributed by atoms with van der Waals surface area (Å²) in [6.07, 6.45) is 33.9. The van der Waals surface area contributed by atoms with Gasteiger partial charge in [-0.25, -0.2) is 0 Å². The van der Waals surface area contributed by atoms with Gasteiger partial charge in [0.1, 0.15) is 0 Å². The average molecular weight is 469 g/mol. The first-order valence-corrected chi connectivity index (χ1v) is 15.5. The predicted octanol–water partition coefficient (Wildman–Crippen LogP) is 10.5. The van der Waals surface area contributed by atoms with E-state index in [1.165, 1.54) is 148 Å². The van der Waals surface area contributed by atoms with Gasteiger partial charge < -0.3 is 5.32 Å². The molecule has 2 heteroatoms. The van der Waals surface area contributed by atoms with E-state index in [-0.39, 0.29) is 0 Å². The zero-order valence-electron chi connectivity index (χ0n) is 24.5. The van der Waals surface area contributed by atoms with Crippen LogP contribution in [0.1, 0.15) is 175 Å². The molecule has 0 aliphatic heterocycles. The van der Waals surface area contributed by atoms with Crippen molar-refractivity contribution in [2.75, 3.05) is 20.6 Å². The van der Waals surface area contributed by atoms with Crippen LogP contribution in [0.2, 0.25) is 0 Å². The van der Waals surface area contributed by atoms with E-state index in [0.717, 1.165) is 6.54 Å². The summed E-state index contributed by atoms with van der Waals surface area (Å²) in [5, 5.41) is 3.44. The van der Waals surface area contributed by atoms with Gasteiger partial charge in [0, 0.05) is 0 Å². The highest BCUT2D eigenvalue weighted by atomic mass is 15.2. The van der Waals surface area contributed by atoms with E-state index in [2.05, 4.69) is 52.0 Å². The van der Waals surface area contributed by atoms with Crippen LogP contribution < -0.4 is 5.32 Å². The molecule has 0 aliphatic carbocycles. The van der Waals surface area contributed by atoms with Gasteiger partial charge in [-0.05, 0) is 34.0 Å². The van der Waals surface area contributed by atoms with E-state index in [0.29, 0.717) is 6.17 Å². The zero-order chi connectivity index (χ0) is 24.8. The van der Waals surface area contributed by atoms with Crippen LogP contribution in [0.15, 0.2) is 0 Å². The molecule has 0 spiro atoms. The molecule has 0 amide bonds. The lowest BCUT2D eigenvalue weighted by Crippen LogP contribution is -2.39. The topological polar surface area (TPSA) is 15.3 Å². The molecule has 0 aromatic carbocycles. The summed E-state index contributed by atoms with van der Waals surface area (Å²) in [6, 6.07) is 0. The van der Waals surface area contributed by atoms with Gasteiger partial charge in [0.15, 0.2) is 0 Å². The molecule has 1 N–H and O–H groups in total. The van der Waals surface area contributed by atoms with Crippen LogP contribution in [-0.2, 0) is 0 Å². The van der Waals surface area contributed by atoms with Gasteiger partial charge in [-0.15, -0.1) is 0 Å². The fourth-order valence-corrected chi connectivity index (χ4v) is 4.20. The van der Waals surface area contributed by atoms with Gasteiger partial charge in [0.25, 0.3) is 0 Å². The lowest BCUT2D eigenvalue weighted by molar-refractivity contribution is 0.265. The van der Waals surface area contributed by atoms with Crippen LogP contribution in [-0.4, -0.2) is 31.7 Å². The molecule has 33 heavy (non-hydrogen) atoms. The number of nitrogens with one attached hydrogen (secondary N) is 1. The molecule has 0 bridgehead atoms. The second-order valence-corrected chi connectivity index (χ2v) is 10.7. The molecular formula is C31H68N2. The van der Waals surface area contributed by atoms with Crippen LogP contribution in [0, 0.1) is 0 Å². The molecule has 0 heterocycles. The van der Waals surface area contributed by atoms with Gasteiger partial charge in [-0.1, -0.05) is 162 Å². The second kappa shape index (κ2) is 31.9. The lowest BCUT2D eigenvalue weighted by Gasteiger charge is -2.20. The first kappa shape index (κ1) is 35.1. The molecule has 0 saturated heterocycles. The molecule has 0 radical (unpaired) electrons. The van der Waals surface area contributed by atoms with Gasteiger partial charge in [0.2, 0.25) is 0 Å². The first-order chi connectivity index (χ1) is 16.1. The number of hydrogen-bond acceptors (Lipinski definition) is 2. The predicted molar refractivity (Wildman–Crippen MR) is 154 cm³/mol. The van der Waals surface area contributed by atoms with E-state index in [1.54, 1.807) is 0 Å². The van der Waals surface area contributed by atoms with Crippen molar-refractivity contribution in [1.29, 1.82) is 0 Å². The molecule has 0 fully saturated rings. The highest BCUT2D eigenvalue weighted by molar-refractivity contribution is 4.56. The van der Waals surface area contributed by atoms with Crippen molar-refractivity contribution in [3.8, 4) is 0 Å². The Balaban J connectivity index is 0. The fraction of sp³-hybridized carbons (Fsp3) is 1.00. The molecular weight excluding hydrogens is 400 g/mol. The zero-order valence-corrected chi connectivity index (χ0v) is 24.5. The van der Waals surface area contributed by atoms with E-state index < -0.39 is 0 Å². The number of rotatable bonds is 25. The van der Waals surface area contributed by atoms with Crippen molar-refractivity contribution >= 4 is 0 Å².